The summed E-state index contributed by atoms with van der Waals surface area (Å²) >= 11 is 0. The topological polar surface area (TPSA) is 197 Å². The number of rotatable bonds is 5. The zero-order valence-electron chi connectivity index (χ0n) is 15.6. The summed E-state index contributed by atoms with van der Waals surface area (Å²) in [5.74, 6) is -0.973. The summed E-state index contributed by atoms with van der Waals surface area (Å²) in [5.41, 5.74) is -0.734. The summed E-state index contributed by atoms with van der Waals surface area (Å²) in [5, 5.41) is 28.6. The average Bonchev–Trinajstić information content (AvgIpc) is 2.65. The van der Waals surface area contributed by atoms with Crippen LogP contribution in [0.3, 0.4) is 0 Å². The molecule has 12 nitrogen and oxygen atoms in total. The monoisotopic (exact) mass is 476 g/mol. The number of phenolic OH excluding ortho intramolecular Hbond substituents is 1. The molecule has 0 aliphatic rings. The number of non-ortho nitro benzene ring substituents is 1. The molecule has 0 aliphatic heterocycles. The van der Waals surface area contributed by atoms with Crippen molar-refractivity contribution in [2.75, 3.05) is 0 Å². The summed E-state index contributed by atoms with van der Waals surface area (Å²) in [6, 6.07) is 8.79. The van der Waals surface area contributed by atoms with Crippen molar-refractivity contribution in [1.82, 2.24) is 0 Å². The van der Waals surface area contributed by atoms with Gasteiger partial charge in [-0.2, -0.15) is 21.9 Å². The van der Waals surface area contributed by atoms with Gasteiger partial charge in [-0.15, -0.1) is 5.11 Å². The quantitative estimate of drug-likeness (QED) is 0.153. The van der Waals surface area contributed by atoms with Gasteiger partial charge in [0.1, 0.15) is 10.6 Å². The fourth-order valence-corrected chi connectivity index (χ4v) is 3.70. The second-order valence-electron chi connectivity index (χ2n) is 5.88. The first-order valence-electron chi connectivity index (χ1n) is 7.79. The van der Waals surface area contributed by atoms with Crippen molar-refractivity contribution in [2.45, 2.75) is 9.79 Å². The first-order chi connectivity index (χ1) is 13.9. The number of azo groups is 1. The summed E-state index contributed by atoms with van der Waals surface area (Å²) < 4.78 is 64.5. The van der Waals surface area contributed by atoms with Gasteiger partial charge in [-0.05, 0) is 29.7 Å². The molecule has 0 spiro atoms. The van der Waals surface area contributed by atoms with Gasteiger partial charge in [0, 0.05) is 17.5 Å². The zero-order chi connectivity index (χ0) is 22.3. The summed E-state index contributed by atoms with van der Waals surface area (Å²) in [6.07, 6.45) is 0. The fourth-order valence-electron chi connectivity index (χ4n) is 2.56. The SMILES string of the molecule is O=[N+]([O-])c1cccc(N=Nc2c(O)c(S(=O)(=O)O)cc3cc(S(=O)(=O)O)ccc23)c1.[Na+]. The molecule has 0 aliphatic carbocycles. The van der Waals surface area contributed by atoms with Crippen LogP contribution in [-0.2, 0) is 20.2 Å². The van der Waals surface area contributed by atoms with E-state index >= 15 is 0 Å². The van der Waals surface area contributed by atoms with Gasteiger partial charge in [-0.3, -0.25) is 19.2 Å². The Morgan fingerprint density at radius 3 is 2.16 bits per heavy atom. The number of nitrogens with zero attached hydrogens (tertiary/aromatic N) is 3. The molecule has 0 amide bonds. The van der Waals surface area contributed by atoms with E-state index in [-0.39, 0.29) is 51.7 Å². The molecule has 0 heterocycles. The first-order valence-corrected chi connectivity index (χ1v) is 10.7. The number of hydrogen-bond donors (Lipinski definition) is 3. The summed E-state index contributed by atoms with van der Waals surface area (Å²) in [6.45, 7) is 0. The van der Waals surface area contributed by atoms with E-state index in [9.17, 15) is 41.2 Å². The van der Waals surface area contributed by atoms with E-state index in [0.29, 0.717) is 0 Å². The van der Waals surface area contributed by atoms with Crippen molar-refractivity contribution in [3.8, 4) is 5.75 Å². The van der Waals surface area contributed by atoms with E-state index in [1.165, 1.54) is 18.2 Å². The molecule has 3 N–H and O–H groups in total. The van der Waals surface area contributed by atoms with E-state index in [1.54, 1.807) is 0 Å². The maximum Gasteiger partial charge on any atom is 1.00 e. The fraction of sp³-hybridized carbons (Fsp3) is 0. The van der Waals surface area contributed by atoms with Crippen molar-refractivity contribution < 1.29 is 65.5 Å². The summed E-state index contributed by atoms with van der Waals surface area (Å²) in [7, 11) is -9.58. The standard InChI is InChI=1S/C16H11N3O9S2.Na/c20-16-14(30(26,27)28)7-9-6-12(29(23,24)25)4-5-13(9)15(16)18-17-10-2-1-3-11(8-10)19(21)22;/h1-8,20H,(H,23,24,25)(H,26,27,28);/q;+1. The molecule has 0 bridgehead atoms. The number of fused-ring (bicyclic) bond motifs is 1. The number of nitro groups is 1. The minimum absolute atomic E-state index is 0. The third-order valence-electron chi connectivity index (χ3n) is 3.90. The van der Waals surface area contributed by atoms with Gasteiger partial charge in [-0.25, -0.2) is 0 Å². The number of benzene rings is 3. The van der Waals surface area contributed by atoms with Crippen molar-refractivity contribution in [3.63, 3.8) is 0 Å². The smallest absolute Gasteiger partial charge is 0.504 e. The molecule has 0 aromatic heterocycles. The van der Waals surface area contributed by atoms with Crippen molar-refractivity contribution in [3.05, 3.63) is 58.6 Å². The van der Waals surface area contributed by atoms with Crippen LogP contribution in [0.4, 0.5) is 17.1 Å². The summed E-state index contributed by atoms with van der Waals surface area (Å²) in [4.78, 5) is 8.65. The van der Waals surface area contributed by atoms with Crippen molar-refractivity contribution >= 4 is 48.1 Å². The molecule has 3 aromatic rings. The minimum Gasteiger partial charge on any atom is -0.504 e. The van der Waals surface area contributed by atoms with Crippen LogP contribution in [0.2, 0.25) is 0 Å². The predicted octanol–water partition coefficient (Wildman–Crippen LogP) is 0.366. The average molecular weight is 476 g/mol. The van der Waals surface area contributed by atoms with Gasteiger partial charge >= 0.3 is 29.6 Å². The van der Waals surface area contributed by atoms with E-state index in [1.807, 2.05) is 0 Å². The number of aromatic hydroxyl groups is 1. The van der Waals surface area contributed by atoms with Crippen LogP contribution in [0.15, 0.2) is 68.6 Å². The van der Waals surface area contributed by atoms with Crippen LogP contribution in [0.25, 0.3) is 10.8 Å². The van der Waals surface area contributed by atoms with Gasteiger partial charge in [0.25, 0.3) is 25.9 Å². The van der Waals surface area contributed by atoms with E-state index < -0.39 is 46.4 Å². The molecular formula is C16H11N3NaO9S2+. The van der Waals surface area contributed by atoms with Gasteiger partial charge in [-0.1, -0.05) is 12.1 Å². The molecule has 0 radical (unpaired) electrons. The van der Waals surface area contributed by atoms with Crippen molar-refractivity contribution in [1.29, 1.82) is 0 Å². The molecule has 0 fully saturated rings. The van der Waals surface area contributed by atoms with Gasteiger partial charge in [0.05, 0.1) is 15.5 Å². The Morgan fingerprint density at radius 1 is 0.903 bits per heavy atom. The molecule has 0 saturated carbocycles. The maximum atomic E-state index is 11.6. The van der Waals surface area contributed by atoms with Gasteiger partial charge < -0.3 is 5.11 Å². The van der Waals surface area contributed by atoms with Gasteiger partial charge in [0.2, 0.25) is 0 Å². The second-order valence-corrected chi connectivity index (χ2v) is 8.69. The Morgan fingerprint density at radius 2 is 1.58 bits per heavy atom. The number of nitro benzene ring substituents is 1. The van der Waals surface area contributed by atoms with E-state index in [0.717, 1.165) is 30.3 Å². The zero-order valence-corrected chi connectivity index (χ0v) is 19.2. The van der Waals surface area contributed by atoms with Crippen LogP contribution >= 0.6 is 0 Å². The molecule has 156 valence electrons. The van der Waals surface area contributed by atoms with Crippen molar-refractivity contribution in [2.24, 2.45) is 10.2 Å². The normalized spacial score (nSPS) is 12.1. The van der Waals surface area contributed by atoms with Crippen LogP contribution < -0.4 is 29.6 Å². The molecule has 15 heteroatoms. The Hall–Kier alpha value is -2.46. The van der Waals surface area contributed by atoms with Crippen LogP contribution in [0.5, 0.6) is 5.75 Å². The molecule has 31 heavy (non-hydrogen) atoms. The molecular weight excluding hydrogens is 465 g/mol. The predicted molar refractivity (Wildman–Crippen MR) is 103 cm³/mol. The maximum absolute atomic E-state index is 11.6. The molecule has 0 saturated heterocycles. The van der Waals surface area contributed by atoms with Crippen LogP contribution in [0.1, 0.15) is 0 Å². The first kappa shape index (κ1) is 24.8. The van der Waals surface area contributed by atoms with Gasteiger partial charge in [0.15, 0.2) is 5.75 Å². The minimum atomic E-state index is -4.95. The number of phenols is 1. The Bertz CT molecular complexity index is 1440. The Kier molecular flexibility index (Phi) is 7.17. The molecule has 3 aromatic carbocycles. The Labute approximate surface area is 197 Å². The van der Waals surface area contributed by atoms with E-state index in [2.05, 4.69) is 10.2 Å². The third kappa shape index (κ3) is 5.43. The second kappa shape index (κ2) is 8.96. The molecule has 3 rings (SSSR count). The Balaban J connectivity index is 0.00000341. The van der Waals surface area contributed by atoms with Crippen LogP contribution in [0, 0.1) is 10.1 Å². The molecule has 0 unspecified atom stereocenters. The largest absolute Gasteiger partial charge is 1.00 e. The third-order valence-corrected chi connectivity index (χ3v) is 5.62. The molecule has 0 atom stereocenters. The number of hydrogen-bond acceptors (Lipinski definition) is 9. The van der Waals surface area contributed by atoms with Crippen LogP contribution in [-0.4, -0.2) is 36.0 Å². The van der Waals surface area contributed by atoms with E-state index in [4.69, 9.17) is 0 Å².